The summed E-state index contributed by atoms with van der Waals surface area (Å²) < 4.78 is 0.320. The van der Waals surface area contributed by atoms with Crippen LogP contribution in [-0.2, 0) is 4.79 Å². The SMILES string of the molecule is CC(CN)C(=O)Nc1ccc([N+](=O)[O-])c(Br)c1. The van der Waals surface area contributed by atoms with Crippen molar-refractivity contribution in [3.63, 3.8) is 0 Å². The van der Waals surface area contributed by atoms with Gasteiger partial charge in [0.25, 0.3) is 5.69 Å². The van der Waals surface area contributed by atoms with Crippen LogP contribution < -0.4 is 11.1 Å². The normalized spacial score (nSPS) is 11.9. The molecule has 6 nitrogen and oxygen atoms in total. The number of carbonyl (C=O) groups excluding carboxylic acids is 1. The fourth-order valence-corrected chi connectivity index (χ4v) is 1.63. The number of nitrogens with one attached hydrogen (secondary N) is 1. The minimum absolute atomic E-state index is 0.0464. The lowest BCUT2D eigenvalue weighted by Gasteiger charge is -2.10. The molecule has 0 saturated heterocycles. The predicted octanol–water partition coefficient (Wildman–Crippen LogP) is 1.89. The van der Waals surface area contributed by atoms with E-state index >= 15 is 0 Å². The van der Waals surface area contributed by atoms with Gasteiger partial charge in [-0.15, -0.1) is 0 Å². The molecule has 0 aliphatic heterocycles. The fraction of sp³-hybridized carbons (Fsp3) is 0.300. The molecule has 0 heterocycles. The summed E-state index contributed by atoms with van der Waals surface area (Å²) in [6, 6.07) is 4.29. The van der Waals surface area contributed by atoms with Crippen molar-refractivity contribution >= 4 is 33.2 Å². The van der Waals surface area contributed by atoms with Crippen molar-refractivity contribution in [1.29, 1.82) is 0 Å². The van der Waals surface area contributed by atoms with Crippen molar-refractivity contribution in [1.82, 2.24) is 0 Å². The molecule has 1 aromatic carbocycles. The third-order valence-corrected chi connectivity index (χ3v) is 2.85. The average molecular weight is 302 g/mol. The molecule has 0 bridgehead atoms. The van der Waals surface area contributed by atoms with E-state index in [1.165, 1.54) is 18.2 Å². The quantitative estimate of drug-likeness (QED) is 0.655. The second-order valence-corrected chi connectivity index (χ2v) is 4.40. The number of amides is 1. The van der Waals surface area contributed by atoms with Crippen molar-refractivity contribution in [3.8, 4) is 0 Å². The Hall–Kier alpha value is -1.47. The standard InChI is InChI=1S/C10H12BrN3O3/c1-6(5-12)10(15)13-7-2-3-9(14(16)17)8(11)4-7/h2-4,6H,5,12H2,1H3,(H,13,15). The van der Waals surface area contributed by atoms with Gasteiger partial charge in [0.2, 0.25) is 5.91 Å². The number of nitrogens with zero attached hydrogens (tertiary/aromatic N) is 1. The summed E-state index contributed by atoms with van der Waals surface area (Å²) in [5.74, 6) is -0.516. The molecule has 3 N–H and O–H groups in total. The number of anilines is 1. The van der Waals surface area contributed by atoms with Crippen LogP contribution in [0.1, 0.15) is 6.92 Å². The zero-order valence-electron chi connectivity index (χ0n) is 9.14. The summed E-state index contributed by atoms with van der Waals surface area (Å²) in [5, 5.41) is 13.2. The number of benzene rings is 1. The Labute approximate surface area is 106 Å². The van der Waals surface area contributed by atoms with Gasteiger partial charge in [0, 0.05) is 24.2 Å². The first kappa shape index (κ1) is 13.6. The Morgan fingerprint density at radius 1 is 1.65 bits per heavy atom. The summed E-state index contributed by atoms with van der Waals surface area (Å²) in [4.78, 5) is 21.6. The zero-order chi connectivity index (χ0) is 13.0. The maximum Gasteiger partial charge on any atom is 0.283 e. The van der Waals surface area contributed by atoms with Gasteiger partial charge in [-0.25, -0.2) is 0 Å². The van der Waals surface area contributed by atoms with Crippen molar-refractivity contribution < 1.29 is 9.72 Å². The molecule has 0 saturated carbocycles. The van der Waals surface area contributed by atoms with Crippen LogP contribution in [0.4, 0.5) is 11.4 Å². The lowest BCUT2D eigenvalue weighted by atomic mass is 10.1. The maximum atomic E-state index is 11.5. The van der Waals surface area contributed by atoms with Gasteiger partial charge >= 0.3 is 0 Å². The van der Waals surface area contributed by atoms with Crippen molar-refractivity contribution in [2.75, 3.05) is 11.9 Å². The summed E-state index contributed by atoms with van der Waals surface area (Å²) in [6.45, 7) is 1.95. The number of hydrogen-bond donors (Lipinski definition) is 2. The van der Waals surface area contributed by atoms with Gasteiger partial charge < -0.3 is 11.1 Å². The van der Waals surface area contributed by atoms with Gasteiger partial charge in [-0.1, -0.05) is 6.92 Å². The molecule has 0 spiro atoms. The number of nitrogens with two attached hydrogens (primary N) is 1. The minimum Gasteiger partial charge on any atom is -0.330 e. The highest BCUT2D eigenvalue weighted by molar-refractivity contribution is 9.10. The first-order chi connectivity index (χ1) is 7.95. The molecule has 0 aromatic heterocycles. The summed E-state index contributed by atoms with van der Waals surface area (Å²) >= 11 is 3.07. The van der Waals surface area contributed by atoms with Gasteiger partial charge in [0.15, 0.2) is 0 Å². The number of nitro benzene ring substituents is 1. The third-order valence-electron chi connectivity index (χ3n) is 2.21. The van der Waals surface area contributed by atoms with Gasteiger partial charge in [-0.2, -0.15) is 0 Å². The molecule has 1 amide bonds. The van der Waals surface area contributed by atoms with E-state index in [4.69, 9.17) is 5.73 Å². The monoisotopic (exact) mass is 301 g/mol. The Kier molecular flexibility index (Phi) is 4.59. The lowest BCUT2D eigenvalue weighted by Crippen LogP contribution is -2.26. The van der Waals surface area contributed by atoms with Gasteiger partial charge in [-0.05, 0) is 28.1 Å². The van der Waals surface area contributed by atoms with Crippen LogP contribution in [0.3, 0.4) is 0 Å². The highest BCUT2D eigenvalue weighted by Crippen LogP contribution is 2.27. The van der Waals surface area contributed by atoms with Gasteiger partial charge in [0.1, 0.15) is 0 Å². The summed E-state index contributed by atoms with van der Waals surface area (Å²) in [5.41, 5.74) is 5.81. The molecule has 0 fully saturated rings. The van der Waals surface area contributed by atoms with E-state index in [1.54, 1.807) is 6.92 Å². The highest BCUT2D eigenvalue weighted by Gasteiger charge is 2.14. The van der Waals surface area contributed by atoms with Crippen LogP contribution in [0.15, 0.2) is 22.7 Å². The van der Waals surface area contributed by atoms with Crippen LogP contribution in [0.2, 0.25) is 0 Å². The first-order valence-corrected chi connectivity index (χ1v) is 5.70. The molecule has 1 atom stereocenters. The number of rotatable bonds is 4. The minimum atomic E-state index is -0.502. The molecule has 0 aliphatic carbocycles. The second kappa shape index (κ2) is 5.74. The lowest BCUT2D eigenvalue weighted by molar-refractivity contribution is -0.385. The number of hydrogen-bond acceptors (Lipinski definition) is 4. The molecule has 17 heavy (non-hydrogen) atoms. The molecular weight excluding hydrogens is 290 g/mol. The number of carbonyl (C=O) groups is 1. The molecule has 1 rings (SSSR count). The van der Waals surface area contributed by atoms with Crippen LogP contribution in [0.5, 0.6) is 0 Å². The Morgan fingerprint density at radius 2 is 2.29 bits per heavy atom. The van der Waals surface area contributed by atoms with E-state index in [-0.39, 0.29) is 24.1 Å². The molecule has 0 radical (unpaired) electrons. The largest absolute Gasteiger partial charge is 0.330 e. The molecule has 1 aromatic rings. The van der Waals surface area contributed by atoms with Crippen LogP contribution in [-0.4, -0.2) is 17.4 Å². The smallest absolute Gasteiger partial charge is 0.283 e. The fourth-order valence-electron chi connectivity index (χ4n) is 1.11. The molecule has 92 valence electrons. The van der Waals surface area contributed by atoms with E-state index in [1.807, 2.05) is 0 Å². The molecule has 1 unspecified atom stereocenters. The van der Waals surface area contributed by atoms with E-state index < -0.39 is 4.92 Å². The molecular formula is C10H12BrN3O3. The average Bonchev–Trinajstić information content (AvgIpc) is 2.27. The summed E-state index contributed by atoms with van der Waals surface area (Å²) in [6.07, 6.45) is 0. The van der Waals surface area contributed by atoms with Crippen LogP contribution in [0.25, 0.3) is 0 Å². The van der Waals surface area contributed by atoms with E-state index in [0.717, 1.165) is 0 Å². The topological polar surface area (TPSA) is 98.3 Å². The van der Waals surface area contributed by atoms with Crippen LogP contribution >= 0.6 is 15.9 Å². The third kappa shape index (κ3) is 3.50. The van der Waals surface area contributed by atoms with Crippen molar-refractivity contribution in [2.45, 2.75) is 6.92 Å². The number of nitro groups is 1. The van der Waals surface area contributed by atoms with Crippen molar-refractivity contribution in [2.24, 2.45) is 11.7 Å². The van der Waals surface area contributed by atoms with Gasteiger partial charge in [0.05, 0.1) is 9.40 Å². The summed E-state index contributed by atoms with van der Waals surface area (Å²) in [7, 11) is 0. The van der Waals surface area contributed by atoms with E-state index in [0.29, 0.717) is 10.2 Å². The maximum absolute atomic E-state index is 11.5. The van der Waals surface area contributed by atoms with E-state index in [2.05, 4.69) is 21.2 Å². The molecule has 7 heteroatoms. The van der Waals surface area contributed by atoms with E-state index in [9.17, 15) is 14.9 Å². The first-order valence-electron chi connectivity index (χ1n) is 4.90. The molecule has 0 aliphatic rings. The zero-order valence-corrected chi connectivity index (χ0v) is 10.7. The number of halogens is 1. The Bertz CT molecular complexity index is 450. The predicted molar refractivity (Wildman–Crippen MR) is 67.6 cm³/mol. The van der Waals surface area contributed by atoms with Crippen molar-refractivity contribution in [3.05, 3.63) is 32.8 Å². The second-order valence-electron chi connectivity index (χ2n) is 3.55. The Morgan fingerprint density at radius 3 is 2.76 bits per heavy atom. The Balaban J connectivity index is 2.84. The van der Waals surface area contributed by atoms with Gasteiger partial charge in [-0.3, -0.25) is 14.9 Å². The van der Waals surface area contributed by atoms with Crippen LogP contribution in [0, 0.1) is 16.0 Å². The highest BCUT2D eigenvalue weighted by atomic mass is 79.9.